The molecule has 1 aromatic carbocycles. The predicted octanol–water partition coefficient (Wildman–Crippen LogP) is 2.59. The van der Waals surface area contributed by atoms with Crippen LogP contribution in [0.4, 0.5) is 5.82 Å². The van der Waals surface area contributed by atoms with Crippen LogP contribution in [-0.2, 0) is 5.41 Å². The van der Waals surface area contributed by atoms with E-state index in [1.54, 1.807) is 10.7 Å². The Labute approximate surface area is 122 Å². The SMILES string of the molecule is CC(C)(C)c1cc(N)n(-c2ccc3[nH]c(=O)ccc3c2)n1. The first-order valence-corrected chi connectivity index (χ1v) is 6.84. The molecule has 5 nitrogen and oxygen atoms in total. The molecule has 0 aliphatic heterocycles. The normalized spacial score (nSPS) is 12.0. The van der Waals surface area contributed by atoms with Crippen molar-refractivity contribution in [3.63, 3.8) is 0 Å². The molecule has 2 aromatic heterocycles. The van der Waals surface area contributed by atoms with Crippen LogP contribution < -0.4 is 11.3 Å². The molecule has 3 N–H and O–H groups in total. The molecule has 0 amide bonds. The molecule has 0 saturated heterocycles. The van der Waals surface area contributed by atoms with Gasteiger partial charge >= 0.3 is 0 Å². The van der Waals surface area contributed by atoms with Gasteiger partial charge in [-0.15, -0.1) is 0 Å². The lowest BCUT2D eigenvalue weighted by molar-refractivity contribution is 0.560. The first-order valence-electron chi connectivity index (χ1n) is 6.84. The van der Waals surface area contributed by atoms with Crippen molar-refractivity contribution in [3.8, 4) is 5.69 Å². The van der Waals surface area contributed by atoms with Crippen molar-refractivity contribution in [2.75, 3.05) is 5.73 Å². The molecule has 0 saturated carbocycles. The van der Waals surface area contributed by atoms with E-state index in [-0.39, 0.29) is 11.0 Å². The Morgan fingerprint density at radius 1 is 1.14 bits per heavy atom. The number of anilines is 1. The summed E-state index contributed by atoms with van der Waals surface area (Å²) in [6.07, 6.45) is 0. The molecule has 0 radical (unpaired) electrons. The molecule has 0 atom stereocenters. The van der Waals surface area contributed by atoms with E-state index in [0.29, 0.717) is 5.82 Å². The highest BCUT2D eigenvalue weighted by Crippen LogP contribution is 2.25. The Bertz CT molecular complexity index is 868. The maximum absolute atomic E-state index is 11.3. The smallest absolute Gasteiger partial charge is 0.248 e. The number of nitrogen functional groups attached to an aromatic ring is 1. The third-order valence-corrected chi connectivity index (χ3v) is 3.46. The van der Waals surface area contributed by atoms with Crippen LogP contribution in [0.1, 0.15) is 26.5 Å². The molecule has 3 rings (SSSR count). The molecule has 21 heavy (non-hydrogen) atoms. The topological polar surface area (TPSA) is 76.7 Å². The van der Waals surface area contributed by atoms with Crippen molar-refractivity contribution in [1.29, 1.82) is 0 Å². The van der Waals surface area contributed by atoms with Gasteiger partial charge in [0, 0.05) is 28.5 Å². The summed E-state index contributed by atoms with van der Waals surface area (Å²) >= 11 is 0. The van der Waals surface area contributed by atoms with Crippen LogP contribution in [0.15, 0.2) is 41.2 Å². The van der Waals surface area contributed by atoms with Gasteiger partial charge in [0.2, 0.25) is 5.56 Å². The minimum Gasteiger partial charge on any atom is -0.384 e. The number of nitrogens with one attached hydrogen (secondary N) is 1. The number of H-pyrrole nitrogens is 1. The number of pyridine rings is 1. The van der Waals surface area contributed by atoms with Crippen molar-refractivity contribution >= 4 is 16.7 Å². The summed E-state index contributed by atoms with van der Waals surface area (Å²) in [4.78, 5) is 14.1. The standard InChI is InChI=1S/C16H18N4O/c1-16(2,3)13-9-14(17)20(19-13)11-5-6-12-10(8-11)4-7-15(21)18-12/h4-9H,17H2,1-3H3,(H,18,21). The first-order chi connectivity index (χ1) is 9.84. The van der Waals surface area contributed by atoms with Crippen LogP contribution in [-0.4, -0.2) is 14.8 Å². The summed E-state index contributed by atoms with van der Waals surface area (Å²) < 4.78 is 1.73. The molecule has 0 fully saturated rings. The van der Waals surface area contributed by atoms with Gasteiger partial charge in [0.05, 0.1) is 11.4 Å². The highest BCUT2D eigenvalue weighted by atomic mass is 16.1. The van der Waals surface area contributed by atoms with Gasteiger partial charge < -0.3 is 10.7 Å². The van der Waals surface area contributed by atoms with E-state index in [9.17, 15) is 4.79 Å². The maximum atomic E-state index is 11.3. The third kappa shape index (κ3) is 2.42. The highest BCUT2D eigenvalue weighted by molar-refractivity contribution is 5.80. The number of nitrogens with zero attached hydrogens (tertiary/aromatic N) is 2. The van der Waals surface area contributed by atoms with Crippen LogP contribution >= 0.6 is 0 Å². The monoisotopic (exact) mass is 282 g/mol. The van der Waals surface area contributed by atoms with Crippen molar-refractivity contribution in [2.45, 2.75) is 26.2 Å². The van der Waals surface area contributed by atoms with Crippen LogP contribution in [0.2, 0.25) is 0 Å². The van der Waals surface area contributed by atoms with Gasteiger partial charge in [0.1, 0.15) is 5.82 Å². The summed E-state index contributed by atoms with van der Waals surface area (Å²) in [5.41, 5.74) is 8.54. The molecule has 0 aliphatic carbocycles. The Kier molecular flexibility index (Phi) is 2.86. The van der Waals surface area contributed by atoms with Crippen LogP contribution in [0.3, 0.4) is 0 Å². The summed E-state index contributed by atoms with van der Waals surface area (Å²) in [7, 11) is 0. The Balaban J connectivity index is 2.14. The van der Waals surface area contributed by atoms with Crippen molar-refractivity contribution in [1.82, 2.24) is 14.8 Å². The molecule has 5 heteroatoms. The largest absolute Gasteiger partial charge is 0.384 e. The van der Waals surface area contributed by atoms with Gasteiger partial charge in [-0.3, -0.25) is 4.79 Å². The van der Waals surface area contributed by atoms with E-state index < -0.39 is 0 Å². The molecule has 0 aliphatic rings. The van der Waals surface area contributed by atoms with Gasteiger partial charge in [-0.25, -0.2) is 4.68 Å². The molecular formula is C16H18N4O. The molecule has 108 valence electrons. The van der Waals surface area contributed by atoms with Crippen molar-refractivity contribution in [3.05, 3.63) is 52.4 Å². The Morgan fingerprint density at radius 2 is 1.90 bits per heavy atom. The van der Waals surface area contributed by atoms with E-state index in [4.69, 9.17) is 5.73 Å². The Hall–Kier alpha value is -2.56. The van der Waals surface area contributed by atoms with Crippen LogP contribution in [0, 0.1) is 0 Å². The van der Waals surface area contributed by atoms with E-state index in [1.165, 1.54) is 6.07 Å². The van der Waals surface area contributed by atoms with E-state index in [1.807, 2.05) is 24.3 Å². The number of aromatic amines is 1. The minimum atomic E-state index is -0.108. The number of hydrogen-bond acceptors (Lipinski definition) is 3. The van der Waals surface area contributed by atoms with E-state index >= 15 is 0 Å². The zero-order chi connectivity index (χ0) is 15.2. The fourth-order valence-corrected chi connectivity index (χ4v) is 2.24. The summed E-state index contributed by atoms with van der Waals surface area (Å²) in [6, 6.07) is 10.9. The number of fused-ring (bicyclic) bond motifs is 1. The lowest BCUT2D eigenvalue weighted by Gasteiger charge is -2.14. The number of rotatable bonds is 1. The highest BCUT2D eigenvalue weighted by Gasteiger charge is 2.19. The second kappa shape index (κ2) is 4.48. The number of aromatic nitrogens is 3. The lowest BCUT2D eigenvalue weighted by atomic mass is 9.92. The quantitative estimate of drug-likeness (QED) is 0.720. The summed E-state index contributed by atoms with van der Waals surface area (Å²) in [5, 5.41) is 5.54. The predicted molar refractivity (Wildman–Crippen MR) is 84.8 cm³/mol. The zero-order valence-corrected chi connectivity index (χ0v) is 12.3. The zero-order valence-electron chi connectivity index (χ0n) is 12.3. The van der Waals surface area contributed by atoms with Gasteiger partial charge in [-0.05, 0) is 24.3 Å². The maximum Gasteiger partial charge on any atom is 0.248 e. The second-order valence-corrected chi connectivity index (χ2v) is 6.21. The van der Waals surface area contributed by atoms with E-state index in [0.717, 1.165) is 22.3 Å². The van der Waals surface area contributed by atoms with Gasteiger partial charge in [0.15, 0.2) is 0 Å². The van der Waals surface area contributed by atoms with Crippen molar-refractivity contribution in [2.24, 2.45) is 0 Å². The number of nitrogens with two attached hydrogens (primary N) is 1. The fraction of sp³-hybridized carbons (Fsp3) is 0.250. The Morgan fingerprint density at radius 3 is 2.57 bits per heavy atom. The average Bonchev–Trinajstić information content (AvgIpc) is 2.80. The molecule has 0 spiro atoms. The molecule has 2 heterocycles. The molecule has 3 aromatic rings. The fourth-order valence-electron chi connectivity index (χ4n) is 2.24. The minimum absolute atomic E-state index is 0.0541. The van der Waals surface area contributed by atoms with E-state index in [2.05, 4.69) is 30.9 Å². The lowest BCUT2D eigenvalue weighted by Crippen LogP contribution is -2.12. The average molecular weight is 282 g/mol. The number of hydrogen-bond donors (Lipinski definition) is 2. The summed E-state index contributed by atoms with van der Waals surface area (Å²) in [6.45, 7) is 6.30. The first kappa shape index (κ1) is 13.4. The van der Waals surface area contributed by atoms with Crippen molar-refractivity contribution < 1.29 is 0 Å². The summed E-state index contributed by atoms with van der Waals surface area (Å²) in [5.74, 6) is 0.601. The van der Waals surface area contributed by atoms with Crippen LogP contribution in [0.5, 0.6) is 0 Å². The third-order valence-electron chi connectivity index (χ3n) is 3.46. The number of benzene rings is 1. The molecular weight excluding hydrogens is 264 g/mol. The molecule has 0 unspecified atom stereocenters. The molecule has 0 bridgehead atoms. The second-order valence-electron chi connectivity index (χ2n) is 6.21. The van der Waals surface area contributed by atoms with Crippen LogP contribution in [0.25, 0.3) is 16.6 Å². The van der Waals surface area contributed by atoms with Gasteiger partial charge in [0.25, 0.3) is 0 Å². The van der Waals surface area contributed by atoms with Gasteiger partial charge in [-0.2, -0.15) is 5.10 Å². The van der Waals surface area contributed by atoms with Gasteiger partial charge in [-0.1, -0.05) is 20.8 Å².